The average molecular weight is 367 g/mol. The molecule has 1 aromatic heterocycles. The van der Waals surface area contributed by atoms with Gasteiger partial charge in [-0.25, -0.2) is 4.98 Å². The zero-order chi connectivity index (χ0) is 20.6. The van der Waals surface area contributed by atoms with Crippen molar-refractivity contribution in [1.82, 2.24) is 9.88 Å². The molecule has 1 aliphatic rings. The number of likely N-dealkylation sites (N-methyl/N-ethyl adjacent to an activating group) is 1. The first kappa shape index (κ1) is 21.5. The van der Waals surface area contributed by atoms with Gasteiger partial charge in [0.1, 0.15) is 11.9 Å². The highest BCUT2D eigenvalue weighted by Crippen LogP contribution is 2.22. The van der Waals surface area contributed by atoms with E-state index in [1.807, 2.05) is 0 Å². The lowest BCUT2D eigenvalue weighted by Crippen LogP contribution is -2.24. The molecule has 2 heterocycles. The van der Waals surface area contributed by atoms with Crippen molar-refractivity contribution in [1.29, 1.82) is 0 Å². The Bertz CT molecular complexity index is 865. The normalized spacial score (nSPS) is 15.0. The maximum Gasteiger partial charge on any atom is 0.270 e. The fraction of sp³-hybridized carbons (Fsp3) is 0.250. The highest BCUT2D eigenvalue weighted by atomic mass is 16.4. The lowest BCUT2D eigenvalue weighted by molar-refractivity contribution is -0.133. The van der Waals surface area contributed by atoms with Gasteiger partial charge < -0.3 is 20.2 Å². The molecule has 2 amide bonds. The molecule has 0 bridgehead atoms. The molecule has 3 N–H and O–H groups in total. The summed E-state index contributed by atoms with van der Waals surface area (Å²) in [6.45, 7) is 2.33. The monoisotopic (exact) mass is 367 g/mol. The smallest absolute Gasteiger partial charge is 0.270 e. The van der Waals surface area contributed by atoms with Crippen molar-refractivity contribution in [2.45, 2.75) is 19.4 Å². The number of oxazole rings is 1. The quantitative estimate of drug-likeness (QED) is 0.775. The van der Waals surface area contributed by atoms with Crippen LogP contribution >= 0.6 is 0 Å². The van der Waals surface area contributed by atoms with Gasteiger partial charge in [0.05, 0.1) is 0 Å². The minimum Gasteiger partial charge on any atom is -0.441 e. The largest absolute Gasteiger partial charge is 0.441 e. The van der Waals surface area contributed by atoms with Gasteiger partial charge >= 0.3 is 0 Å². The first-order chi connectivity index (χ1) is 12.8. The molecule has 0 aliphatic carbocycles. The summed E-state index contributed by atoms with van der Waals surface area (Å²) in [5.41, 5.74) is 6.75. The lowest BCUT2D eigenvalue weighted by atomic mass is 10.1. The molecule has 7 heteroatoms. The zero-order valence-electron chi connectivity index (χ0n) is 15.2. The third-order valence-electron chi connectivity index (χ3n) is 3.71. The number of aromatic nitrogens is 1. The maximum absolute atomic E-state index is 11.1. The van der Waals surface area contributed by atoms with Crippen LogP contribution in [0.25, 0.3) is 11.5 Å². The van der Waals surface area contributed by atoms with Crippen LogP contribution in [0.4, 0.5) is 0 Å². The molecule has 3 rings (SSSR count). The number of rotatable bonds is 2. The van der Waals surface area contributed by atoms with Gasteiger partial charge in [0, 0.05) is 24.7 Å². The van der Waals surface area contributed by atoms with Crippen LogP contribution in [-0.4, -0.2) is 46.5 Å². The number of primary amides is 1. The Balaban J connectivity index is 0.000000305. The molecule has 0 spiro atoms. The van der Waals surface area contributed by atoms with E-state index in [-0.39, 0.29) is 11.6 Å². The van der Waals surface area contributed by atoms with Gasteiger partial charge in [-0.1, -0.05) is 12.0 Å². The number of hydrogen-bond donors (Lipinski definition) is 2. The molecule has 2 aromatic rings. The molecule has 0 radical (unpaired) electrons. The molecule has 140 valence electrons. The number of carbonyl (C=O) groups excluding carboxylic acids is 2. The van der Waals surface area contributed by atoms with Crippen LogP contribution in [0.15, 0.2) is 28.7 Å². The van der Waals surface area contributed by atoms with E-state index in [4.69, 9.17) is 21.7 Å². The predicted octanol–water partition coefficient (Wildman–Crippen LogP) is 1.19. The number of carbonyl (C=O) groups is 2. The molecule has 0 saturated carbocycles. The number of nitrogens with zero attached hydrogens (tertiary/aromatic N) is 2. The Labute approximate surface area is 158 Å². The summed E-state index contributed by atoms with van der Waals surface area (Å²) < 4.78 is 5.38. The molecule has 7 nitrogen and oxygen atoms in total. The Kier molecular flexibility index (Phi) is 7.81. The molecule has 1 atom stereocenters. The second kappa shape index (κ2) is 9.81. The van der Waals surface area contributed by atoms with Crippen molar-refractivity contribution >= 4 is 11.8 Å². The number of aryl methyl sites for hydroxylation is 1. The summed E-state index contributed by atoms with van der Waals surface area (Å²) in [5.74, 6) is 2.51. The average Bonchev–Trinajstić information content (AvgIpc) is 3.21. The van der Waals surface area contributed by atoms with Crippen molar-refractivity contribution < 1.29 is 19.1 Å². The van der Waals surface area contributed by atoms with Crippen LogP contribution in [0.2, 0.25) is 0 Å². The number of aliphatic hydroxyl groups excluding tert-OH is 1. The molecule has 1 aliphatic heterocycles. The van der Waals surface area contributed by atoms with Gasteiger partial charge in [-0.3, -0.25) is 9.59 Å². The first-order valence-corrected chi connectivity index (χ1v) is 7.94. The van der Waals surface area contributed by atoms with E-state index < -0.39 is 12.0 Å². The number of amides is 2. The topological polar surface area (TPSA) is 110 Å². The van der Waals surface area contributed by atoms with E-state index in [9.17, 15) is 9.59 Å². The fourth-order valence-electron chi connectivity index (χ4n) is 2.29. The Morgan fingerprint density at radius 1 is 1.44 bits per heavy atom. The predicted molar refractivity (Wildman–Crippen MR) is 101 cm³/mol. The lowest BCUT2D eigenvalue weighted by Gasteiger charge is -2.04. The molecular weight excluding hydrogens is 346 g/mol. The van der Waals surface area contributed by atoms with Crippen molar-refractivity contribution in [3.8, 4) is 36.6 Å². The fourth-order valence-corrected chi connectivity index (χ4v) is 2.29. The van der Waals surface area contributed by atoms with Gasteiger partial charge in [-0.05, 0) is 31.5 Å². The van der Waals surface area contributed by atoms with Crippen LogP contribution < -0.4 is 5.73 Å². The number of benzene rings is 1. The van der Waals surface area contributed by atoms with E-state index in [0.29, 0.717) is 24.6 Å². The van der Waals surface area contributed by atoms with Crippen molar-refractivity contribution in [2.75, 3.05) is 13.6 Å². The molecule has 1 saturated heterocycles. The van der Waals surface area contributed by atoms with Crippen LogP contribution in [0.5, 0.6) is 0 Å². The first-order valence-electron chi connectivity index (χ1n) is 7.94. The van der Waals surface area contributed by atoms with Crippen LogP contribution in [0.3, 0.4) is 0 Å². The number of terminal acetylenes is 2. The summed E-state index contributed by atoms with van der Waals surface area (Å²) in [4.78, 5) is 27.2. The van der Waals surface area contributed by atoms with Crippen molar-refractivity contribution in [2.24, 2.45) is 5.73 Å². The molecular formula is C20H21N3O4. The summed E-state index contributed by atoms with van der Waals surface area (Å²) in [6.07, 6.45) is 13.2. The van der Waals surface area contributed by atoms with Gasteiger partial charge in [0.15, 0.2) is 5.69 Å². The molecule has 27 heavy (non-hydrogen) atoms. The van der Waals surface area contributed by atoms with Gasteiger partial charge in [0.2, 0.25) is 5.89 Å². The second-order valence-corrected chi connectivity index (χ2v) is 5.58. The second-order valence-electron chi connectivity index (χ2n) is 5.58. The number of aliphatic hydroxyl groups is 1. The van der Waals surface area contributed by atoms with E-state index in [2.05, 4.69) is 23.8 Å². The number of likely N-dealkylation sites (tertiary alicyclic amines) is 1. The van der Waals surface area contributed by atoms with Crippen molar-refractivity contribution in [3.63, 3.8) is 0 Å². The summed E-state index contributed by atoms with van der Waals surface area (Å²) in [6, 6.07) is 7.16. The van der Waals surface area contributed by atoms with Crippen molar-refractivity contribution in [3.05, 3.63) is 41.3 Å². The van der Waals surface area contributed by atoms with Gasteiger partial charge in [0.25, 0.3) is 11.8 Å². The maximum atomic E-state index is 11.1. The van der Waals surface area contributed by atoms with E-state index >= 15 is 0 Å². The Hall–Kier alpha value is -3.55. The van der Waals surface area contributed by atoms with E-state index in [1.54, 1.807) is 38.2 Å². The summed E-state index contributed by atoms with van der Waals surface area (Å²) in [7, 11) is 1.69. The van der Waals surface area contributed by atoms with E-state index in [0.717, 1.165) is 11.1 Å². The van der Waals surface area contributed by atoms with Crippen LogP contribution in [0.1, 0.15) is 28.2 Å². The minimum absolute atomic E-state index is 0.145. The molecule has 1 aromatic carbocycles. The summed E-state index contributed by atoms with van der Waals surface area (Å²) in [5, 5.41) is 8.78. The zero-order valence-corrected chi connectivity index (χ0v) is 15.2. The SMILES string of the molecule is C#C.C#Cc1cccc(-c2nc(C(N)=O)c(C)o2)c1.CN1CC[C@H](O)C1=O. The highest BCUT2D eigenvalue weighted by molar-refractivity contribution is 5.92. The Morgan fingerprint density at radius 3 is 2.52 bits per heavy atom. The third-order valence-corrected chi connectivity index (χ3v) is 3.71. The van der Waals surface area contributed by atoms with Gasteiger partial charge in [-0.2, -0.15) is 0 Å². The number of nitrogens with two attached hydrogens (primary N) is 1. The molecule has 0 unspecified atom stereocenters. The minimum atomic E-state index is -0.722. The van der Waals surface area contributed by atoms with Crippen LogP contribution in [0, 0.1) is 32.1 Å². The summed E-state index contributed by atoms with van der Waals surface area (Å²) >= 11 is 0. The Morgan fingerprint density at radius 2 is 2.11 bits per heavy atom. The van der Waals surface area contributed by atoms with Gasteiger partial charge in [-0.15, -0.1) is 19.3 Å². The molecule has 1 fully saturated rings. The van der Waals surface area contributed by atoms with E-state index in [1.165, 1.54) is 4.90 Å². The standard InChI is InChI=1S/C13H10N2O2.C5H9NO2.C2H2/c1-3-9-5-4-6-10(7-9)13-15-11(12(14)16)8(2)17-13;1-6-3-2-4(7)5(6)8;1-2/h1,4-7H,2H3,(H2,14,16);4,7H,2-3H2,1H3;1-2H/t;4-;/m.0./s1. The number of hydrogen-bond acceptors (Lipinski definition) is 5. The third kappa shape index (κ3) is 5.46. The van der Waals surface area contributed by atoms with Crippen LogP contribution in [-0.2, 0) is 4.79 Å². The highest BCUT2D eigenvalue weighted by Gasteiger charge is 2.26.